The van der Waals surface area contributed by atoms with E-state index in [9.17, 15) is 0 Å². The number of nitrogens with one attached hydrogen (secondary N) is 1. The molecule has 106 valence electrons. The molecular weight excluding hydrogens is 298 g/mol. The predicted octanol–water partition coefficient (Wildman–Crippen LogP) is 4.94. The number of benzene rings is 1. The average molecular weight is 324 g/mol. The van der Waals surface area contributed by atoms with E-state index < -0.39 is 0 Å². The second kappa shape index (κ2) is 6.90. The maximum atomic E-state index is 3.77. The summed E-state index contributed by atoms with van der Waals surface area (Å²) in [5.74, 6) is 0. The minimum absolute atomic E-state index is 0.560. The van der Waals surface area contributed by atoms with Crippen LogP contribution in [0.3, 0.4) is 0 Å². The van der Waals surface area contributed by atoms with Crippen LogP contribution in [0.4, 0.5) is 0 Å². The zero-order valence-electron chi connectivity index (χ0n) is 12.2. The fraction of sp³-hybridized carbons (Fsp3) is 0.647. The summed E-state index contributed by atoms with van der Waals surface area (Å²) in [5, 5.41) is 3.77. The van der Waals surface area contributed by atoms with Gasteiger partial charge in [0.25, 0.3) is 0 Å². The van der Waals surface area contributed by atoms with Crippen LogP contribution in [-0.2, 0) is 6.42 Å². The van der Waals surface area contributed by atoms with Crippen molar-refractivity contribution in [3.05, 3.63) is 34.3 Å². The summed E-state index contributed by atoms with van der Waals surface area (Å²) in [6.45, 7) is 5.86. The van der Waals surface area contributed by atoms with Crippen molar-refractivity contribution in [3.63, 3.8) is 0 Å². The molecule has 0 amide bonds. The first kappa shape index (κ1) is 15.1. The molecule has 0 aromatic heterocycles. The fourth-order valence-electron chi connectivity index (χ4n) is 3.22. The maximum absolute atomic E-state index is 3.77. The molecule has 0 aliphatic heterocycles. The van der Waals surface area contributed by atoms with E-state index in [-0.39, 0.29) is 0 Å². The molecule has 19 heavy (non-hydrogen) atoms. The van der Waals surface area contributed by atoms with Crippen molar-refractivity contribution in [1.29, 1.82) is 0 Å². The van der Waals surface area contributed by atoms with Gasteiger partial charge in [-0.1, -0.05) is 47.8 Å². The fourth-order valence-corrected chi connectivity index (χ4v) is 3.48. The molecule has 0 spiro atoms. The minimum Gasteiger partial charge on any atom is -0.313 e. The lowest BCUT2D eigenvalue weighted by Crippen LogP contribution is -2.37. The summed E-state index contributed by atoms with van der Waals surface area (Å²) < 4.78 is 1.16. The largest absolute Gasteiger partial charge is 0.313 e. The summed E-state index contributed by atoms with van der Waals surface area (Å²) in [6, 6.07) is 9.25. The van der Waals surface area contributed by atoms with Crippen LogP contribution in [0.5, 0.6) is 0 Å². The smallest absolute Gasteiger partial charge is 0.0175 e. The van der Waals surface area contributed by atoms with Crippen LogP contribution in [0.1, 0.15) is 51.5 Å². The first-order chi connectivity index (χ1) is 9.13. The number of hydrogen-bond acceptors (Lipinski definition) is 1. The van der Waals surface area contributed by atoms with Crippen LogP contribution in [-0.4, -0.2) is 12.6 Å². The first-order valence-corrected chi connectivity index (χ1v) is 8.41. The van der Waals surface area contributed by atoms with Crippen LogP contribution in [0.2, 0.25) is 0 Å². The van der Waals surface area contributed by atoms with Gasteiger partial charge in [0.15, 0.2) is 0 Å². The van der Waals surface area contributed by atoms with Crippen LogP contribution < -0.4 is 5.32 Å². The minimum atomic E-state index is 0.560. The summed E-state index contributed by atoms with van der Waals surface area (Å²) in [7, 11) is 0. The van der Waals surface area contributed by atoms with Gasteiger partial charge >= 0.3 is 0 Å². The quantitative estimate of drug-likeness (QED) is 0.781. The molecule has 2 heteroatoms. The molecule has 0 radical (unpaired) electrons. The number of halogens is 1. The van der Waals surface area contributed by atoms with Crippen LogP contribution in [0.15, 0.2) is 28.7 Å². The normalized spacial score (nSPS) is 19.5. The van der Waals surface area contributed by atoms with Gasteiger partial charge in [-0.2, -0.15) is 0 Å². The van der Waals surface area contributed by atoms with Gasteiger partial charge in [0, 0.05) is 17.1 Å². The van der Waals surface area contributed by atoms with Crippen LogP contribution >= 0.6 is 15.9 Å². The molecule has 1 aromatic rings. The van der Waals surface area contributed by atoms with E-state index >= 15 is 0 Å². The molecule has 1 unspecified atom stereocenters. The molecule has 1 saturated carbocycles. The molecule has 0 heterocycles. The predicted molar refractivity (Wildman–Crippen MR) is 86.5 cm³/mol. The maximum Gasteiger partial charge on any atom is 0.0175 e. The van der Waals surface area contributed by atoms with Gasteiger partial charge in [-0.15, -0.1) is 0 Å². The van der Waals surface area contributed by atoms with E-state index in [0.717, 1.165) is 10.9 Å². The number of hydrogen-bond donors (Lipinski definition) is 1. The Balaban J connectivity index is 1.81. The van der Waals surface area contributed by atoms with Crippen molar-refractivity contribution >= 4 is 15.9 Å². The summed E-state index contributed by atoms with van der Waals surface area (Å²) in [4.78, 5) is 0. The van der Waals surface area contributed by atoms with E-state index in [1.165, 1.54) is 44.2 Å². The zero-order valence-corrected chi connectivity index (χ0v) is 13.8. The van der Waals surface area contributed by atoms with Crippen molar-refractivity contribution in [2.24, 2.45) is 5.41 Å². The third-order valence-electron chi connectivity index (χ3n) is 4.69. The van der Waals surface area contributed by atoms with Crippen molar-refractivity contribution < 1.29 is 0 Å². The Morgan fingerprint density at radius 2 is 1.84 bits per heavy atom. The highest BCUT2D eigenvalue weighted by Gasteiger charge is 2.31. The van der Waals surface area contributed by atoms with E-state index in [1.807, 2.05) is 0 Å². The topological polar surface area (TPSA) is 12.0 Å². The monoisotopic (exact) mass is 323 g/mol. The summed E-state index contributed by atoms with van der Waals surface area (Å²) in [5.41, 5.74) is 2.01. The summed E-state index contributed by atoms with van der Waals surface area (Å²) >= 11 is 3.49. The van der Waals surface area contributed by atoms with Crippen LogP contribution in [0, 0.1) is 5.41 Å². The van der Waals surface area contributed by atoms with E-state index in [0.29, 0.717) is 11.5 Å². The molecule has 0 bridgehead atoms. The lowest BCUT2D eigenvalue weighted by atomic mass is 9.83. The lowest BCUT2D eigenvalue weighted by Gasteiger charge is -2.29. The van der Waals surface area contributed by atoms with Gasteiger partial charge in [0.2, 0.25) is 0 Å². The molecule has 2 rings (SSSR count). The van der Waals surface area contributed by atoms with Crippen LogP contribution in [0.25, 0.3) is 0 Å². The lowest BCUT2D eigenvalue weighted by molar-refractivity contribution is 0.258. The Morgan fingerprint density at radius 1 is 1.21 bits per heavy atom. The zero-order chi connectivity index (χ0) is 13.7. The van der Waals surface area contributed by atoms with Gasteiger partial charge in [0.05, 0.1) is 0 Å². The Morgan fingerprint density at radius 3 is 2.42 bits per heavy atom. The molecule has 1 nitrogen and oxygen atoms in total. The molecular formula is C17H26BrN. The van der Waals surface area contributed by atoms with Gasteiger partial charge in [0.1, 0.15) is 0 Å². The molecule has 1 aliphatic rings. The van der Waals surface area contributed by atoms with E-state index in [4.69, 9.17) is 0 Å². The van der Waals surface area contributed by atoms with E-state index in [1.54, 1.807) is 0 Å². The Labute approximate surface area is 126 Å². The average Bonchev–Trinajstić information content (AvgIpc) is 2.89. The van der Waals surface area contributed by atoms with E-state index in [2.05, 4.69) is 59.4 Å². The SMILES string of the molecule is CCC1(CNC(C)Cc2ccc(Br)cc2)CCCC1. The third kappa shape index (κ3) is 4.32. The van der Waals surface area contributed by atoms with Crippen molar-refractivity contribution in [1.82, 2.24) is 5.32 Å². The third-order valence-corrected chi connectivity index (χ3v) is 5.22. The molecule has 1 atom stereocenters. The highest BCUT2D eigenvalue weighted by molar-refractivity contribution is 9.10. The molecule has 1 fully saturated rings. The standard InChI is InChI=1S/C17H26BrN/c1-3-17(10-4-5-11-17)13-19-14(2)12-15-6-8-16(18)9-7-15/h6-9,14,19H,3-5,10-13H2,1-2H3. The highest BCUT2D eigenvalue weighted by Crippen LogP contribution is 2.40. The molecule has 0 saturated heterocycles. The highest BCUT2D eigenvalue weighted by atomic mass is 79.9. The Bertz CT molecular complexity index is 379. The van der Waals surface area contributed by atoms with Gasteiger partial charge < -0.3 is 5.32 Å². The number of rotatable bonds is 6. The molecule has 1 aromatic carbocycles. The van der Waals surface area contributed by atoms with Gasteiger partial charge in [-0.3, -0.25) is 0 Å². The molecule has 1 N–H and O–H groups in total. The second-order valence-corrected chi connectivity index (χ2v) is 7.09. The molecule has 1 aliphatic carbocycles. The summed E-state index contributed by atoms with van der Waals surface area (Å²) in [6.07, 6.45) is 8.13. The van der Waals surface area contributed by atoms with Gasteiger partial charge in [-0.05, 0) is 55.7 Å². The Kier molecular flexibility index (Phi) is 5.47. The van der Waals surface area contributed by atoms with Crippen molar-refractivity contribution in [2.75, 3.05) is 6.54 Å². The van der Waals surface area contributed by atoms with Gasteiger partial charge in [-0.25, -0.2) is 0 Å². The van der Waals surface area contributed by atoms with Crippen molar-refractivity contribution in [3.8, 4) is 0 Å². The Hall–Kier alpha value is -0.340. The first-order valence-electron chi connectivity index (χ1n) is 7.61. The second-order valence-electron chi connectivity index (χ2n) is 6.17. The van der Waals surface area contributed by atoms with Crippen molar-refractivity contribution in [2.45, 2.75) is 58.4 Å².